The van der Waals surface area contributed by atoms with Crippen molar-refractivity contribution in [2.24, 2.45) is 0 Å². The van der Waals surface area contributed by atoms with E-state index < -0.39 is 36.0 Å². The predicted octanol–water partition coefficient (Wildman–Crippen LogP) is 4.32. The second-order valence-electron chi connectivity index (χ2n) is 9.75. The van der Waals surface area contributed by atoms with Gasteiger partial charge in [-0.25, -0.2) is 9.59 Å². The molecule has 31 heavy (non-hydrogen) atoms. The highest BCUT2D eigenvalue weighted by molar-refractivity contribution is 6.56. The number of benzene rings is 1. The molecule has 1 aromatic rings. The van der Waals surface area contributed by atoms with E-state index in [1.165, 1.54) is 7.11 Å². The van der Waals surface area contributed by atoms with Gasteiger partial charge in [0.15, 0.2) is 0 Å². The zero-order chi connectivity index (χ0) is 23.6. The van der Waals surface area contributed by atoms with Crippen molar-refractivity contribution >= 4 is 25.3 Å². The van der Waals surface area contributed by atoms with E-state index in [-0.39, 0.29) is 6.54 Å². The van der Waals surface area contributed by atoms with Crippen LogP contribution >= 0.6 is 0 Å². The minimum Gasteiger partial charge on any atom is -0.465 e. The number of hydrogen-bond donors (Lipinski definition) is 1. The Morgan fingerprint density at radius 3 is 2.23 bits per heavy atom. The first-order valence-corrected chi connectivity index (χ1v) is 10.4. The molecule has 1 aliphatic heterocycles. The average Bonchev–Trinajstić information content (AvgIpc) is 2.84. The number of nitrogens with one attached hydrogen (secondary N) is 1. The SMILES string of the molecule is COC(=O)c1ccc(C)cc1C=C(CNC(=O)OC(C)(C)C)B1OC(C)(C)C(C)(C)O1. The summed E-state index contributed by atoms with van der Waals surface area (Å²) in [6, 6.07) is 5.44. The van der Waals surface area contributed by atoms with Crippen molar-refractivity contribution in [3.05, 3.63) is 40.4 Å². The van der Waals surface area contributed by atoms with Crippen molar-refractivity contribution in [1.82, 2.24) is 5.32 Å². The molecular weight excluding hydrogens is 397 g/mol. The molecular formula is C23H34BNO6. The smallest absolute Gasteiger partial charge is 0.465 e. The highest BCUT2D eigenvalue weighted by atomic mass is 16.7. The van der Waals surface area contributed by atoms with Gasteiger partial charge in [-0.3, -0.25) is 0 Å². The van der Waals surface area contributed by atoms with Gasteiger partial charge in [0.2, 0.25) is 0 Å². The fourth-order valence-electron chi connectivity index (χ4n) is 2.98. The Morgan fingerprint density at radius 1 is 1.13 bits per heavy atom. The van der Waals surface area contributed by atoms with E-state index in [1.807, 2.05) is 46.8 Å². The van der Waals surface area contributed by atoms with Gasteiger partial charge in [-0.15, -0.1) is 0 Å². The van der Waals surface area contributed by atoms with Crippen LogP contribution in [0.2, 0.25) is 0 Å². The number of aryl methyl sites for hydroxylation is 1. The van der Waals surface area contributed by atoms with Crippen molar-refractivity contribution in [3.8, 4) is 0 Å². The Labute approximate surface area is 185 Å². The Bertz CT molecular complexity index is 853. The van der Waals surface area contributed by atoms with Crippen LogP contribution in [0, 0.1) is 6.92 Å². The molecule has 0 spiro atoms. The third-order valence-electron chi connectivity index (χ3n) is 5.35. The van der Waals surface area contributed by atoms with Gasteiger partial charge in [0.1, 0.15) is 5.60 Å². The highest BCUT2D eigenvalue weighted by Crippen LogP contribution is 2.39. The molecule has 1 saturated heterocycles. The van der Waals surface area contributed by atoms with E-state index in [0.717, 1.165) is 5.56 Å². The number of carbonyl (C=O) groups is 2. The number of carbonyl (C=O) groups excluding carboxylic acids is 2. The molecule has 2 rings (SSSR count). The number of rotatable bonds is 5. The van der Waals surface area contributed by atoms with Gasteiger partial charge in [0, 0.05) is 6.54 Å². The maximum absolute atomic E-state index is 12.3. The average molecular weight is 431 g/mol. The second-order valence-corrected chi connectivity index (χ2v) is 9.75. The lowest BCUT2D eigenvalue weighted by Gasteiger charge is -2.32. The predicted molar refractivity (Wildman–Crippen MR) is 121 cm³/mol. The van der Waals surface area contributed by atoms with E-state index in [2.05, 4.69) is 5.32 Å². The van der Waals surface area contributed by atoms with Crippen LogP contribution in [0.15, 0.2) is 23.7 Å². The summed E-state index contributed by atoms with van der Waals surface area (Å²) in [5, 5.41) is 2.76. The third kappa shape index (κ3) is 6.34. The molecule has 1 amide bonds. The molecule has 170 valence electrons. The van der Waals surface area contributed by atoms with Crippen molar-refractivity contribution < 1.29 is 28.4 Å². The normalized spacial score (nSPS) is 18.0. The molecule has 1 N–H and O–H groups in total. The molecule has 1 fully saturated rings. The minimum atomic E-state index is -0.703. The van der Waals surface area contributed by atoms with E-state index in [0.29, 0.717) is 16.6 Å². The summed E-state index contributed by atoms with van der Waals surface area (Å²) < 4.78 is 22.7. The van der Waals surface area contributed by atoms with Crippen LogP contribution in [0.5, 0.6) is 0 Å². The van der Waals surface area contributed by atoms with Gasteiger partial charge >= 0.3 is 19.2 Å². The summed E-state index contributed by atoms with van der Waals surface area (Å²) in [6.07, 6.45) is 1.26. The number of esters is 1. The number of methoxy groups -OCH3 is 1. The standard InChI is InChI=1S/C23H34BNO6/c1-15-10-11-18(19(26)28-9)16(12-15)13-17(14-25-20(27)29-21(2,3)4)24-30-22(5,6)23(7,8)31-24/h10-13H,14H2,1-9H3,(H,25,27). The summed E-state index contributed by atoms with van der Waals surface area (Å²) in [6.45, 7) is 15.3. The zero-order valence-corrected chi connectivity index (χ0v) is 20.0. The molecule has 1 aromatic carbocycles. The quantitative estimate of drug-likeness (QED) is 0.552. The van der Waals surface area contributed by atoms with E-state index in [1.54, 1.807) is 32.9 Å². The largest absolute Gasteiger partial charge is 0.492 e. The molecule has 0 unspecified atom stereocenters. The van der Waals surface area contributed by atoms with E-state index in [4.69, 9.17) is 18.8 Å². The fraction of sp³-hybridized carbons (Fsp3) is 0.565. The van der Waals surface area contributed by atoms with Crippen LogP contribution in [0.1, 0.15) is 70.0 Å². The molecule has 1 heterocycles. The zero-order valence-electron chi connectivity index (χ0n) is 20.0. The van der Waals surface area contributed by atoms with Gasteiger partial charge in [0.05, 0.1) is 23.9 Å². The lowest BCUT2D eigenvalue weighted by atomic mass is 9.76. The topological polar surface area (TPSA) is 83.1 Å². The molecule has 0 aliphatic carbocycles. The molecule has 1 aliphatic rings. The Morgan fingerprint density at radius 2 is 1.71 bits per heavy atom. The van der Waals surface area contributed by atoms with E-state index >= 15 is 0 Å². The number of hydrogen-bond acceptors (Lipinski definition) is 6. The number of alkyl carbamates (subject to hydrolysis) is 1. The van der Waals surface area contributed by atoms with Crippen LogP contribution in [0.3, 0.4) is 0 Å². The summed E-state index contributed by atoms with van der Waals surface area (Å²) >= 11 is 0. The van der Waals surface area contributed by atoms with Gasteiger partial charge in [-0.05, 0) is 72.5 Å². The van der Waals surface area contributed by atoms with Gasteiger partial charge < -0.3 is 24.1 Å². The van der Waals surface area contributed by atoms with Crippen molar-refractivity contribution in [2.45, 2.75) is 72.2 Å². The second kappa shape index (κ2) is 9.05. The Hall–Kier alpha value is -2.32. The van der Waals surface area contributed by atoms with E-state index in [9.17, 15) is 9.59 Å². The van der Waals surface area contributed by atoms with Gasteiger partial charge in [-0.2, -0.15) is 0 Å². The van der Waals surface area contributed by atoms with Crippen molar-refractivity contribution in [3.63, 3.8) is 0 Å². The Balaban J connectivity index is 2.42. The lowest BCUT2D eigenvalue weighted by molar-refractivity contribution is 0.00578. The molecule has 0 atom stereocenters. The van der Waals surface area contributed by atoms with Crippen LogP contribution in [0.4, 0.5) is 4.79 Å². The highest BCUT2D eigenvalue weighted by Gasteiger charge is 2.52. The Kier molecular flexibility index (Phi) is 7.28. The monoisotopic (exact) mass is 431 g/mol. The number of amides is 1. The maximum Gasteiger partial charge on any atom is 0.492 e. The van der Waals surface area contributed by atoms with Crippen LogP contribution in [0.25, 0.3) is 6.08 Å². The minimum absolute atomic E-state index is 0.125. The number of ether oxygens (including phenoxy) is 2. The fourth-order valence-corrected chi connectivity index (χ4v) is 2.98. The first-order valence-electron chi connectivity index (χ1n) is 10.4. The first kappa shape index (κ1) is 24.9. The van der Waals surface area contributed by atoms with Crippen molar-refractivity contribution in [1.29, 1.82) is 0 Å². The van der Waals surface area contributed by atoms with Crippen LogP contribution in [-0.2, 0) is 18.8 Å². The third-order valence-corrected chi connectivity index (χ3v) is 5.35. The maximum atomic E-state index is 12.3. The lowest BCUT2D eigenvalue weighted by Crippen LogP contribution is -2.41. The summed E-state index contributed by atoms with van der Waals surface area (Å²) in [5.41, 5.74) is 0.975. The summed E-state index contributed by atoms with van der Waals surface area (Å²) in [7, 11) is 0.639. The summed E-state index contributed by atoms with van der Waals surface area (Å²) in [5.74, 6) is -0.445. The van der Waals surface area contributed by atoms with Crippen LogP contribution < -0.4 is 5.32 Å². The molecule has 0 bridgehead atoms. The molecule has 0 aromatic heterocycles. The van der Waals surface area contributed by atoms with Crippen molar-refractivity contribution in [2.75, 3.05) is 13.7 Å². The van der Waals surface area contributed by atoms with Gasteiger partial charge in [0.25, 0.3) is 0 Å². The summed E-state index contributed by atoms with van der Waals surface area (Å²) in [4.78, 5) is 24.5. The molecule has 0 radical (unpaired) electrons. The molecule has 7 nitrogen and oxygen atoms in total. The van der Waals surface area contributed by atoms with Gasteiger partial charge in [-0.1, -0.05) is 23.8 Å². The molecule has 8 heteroatoms. The first-order chi connectivity index (χ1) is 14.1. The van der Waals surface area contributed by atoms with Crippen LogP contribution in [-0.4, -0.2) is 49.6 Å². The molecule has 0 saturated carbocycles.